The Kier molecular flexibility index (Phi) is 7.17. The van der Waals surface area contributed by atoms with Crippen LogP contribution >= 0.6 is 11.6 Å². The zero-order valence-corrected chi connectivity index (χ0v) is 21.6. The van der Waals surface area contributed by atoms with Crippen molar-refractivity contribution in [2.24, 2.45) is 0 Å². The lowest BCUT2D eigenvalue weighted by molar-refractivity contribution is -0.133. The molecule has 1 aliphatic heterocycles. The fourth-order valence-electron chi connectivity index (χ4n) is 4.88. The number of aliphatic hydroxyl groups excluding tert-OH is 1. The highest BCUT2D eigenvalue weighted by Gasteiger charge is 2.35. The molecule has 1 amide bonds. The molecule has 1 saturated heterocycles. The average molecular weight is 486 g/mol. The van der Waals surface area contributed by atoms with Crippen molar-refractivity contribution in [1.29, 1.82) is 0 Å². The second kappa shape index (κ2) is 9.80. The molecule has 0 spiro atoms. The van der Waals surface area contributed by atoms with Crippen molar-refractivity contribution in [3.05, 3.63) is 52.4 Å². The molecule has 2 heterocycles. The van der Waals surface area contributed by atoms with Crippen LogP contribution in [0.25, 0.3) is 0 Å². The van der Waals surface area contributed by atoms with E-state index in [0.717, 1.165) is 22.6 Å². The highest BCUT2D eigenvalue weighted by molar-refractivity contribution is 6.30. The van der Waals surface area contributed by atoms with E-state index in [0.29, 0.717) is 44.2 Å². The van der Waals surface area contributed by atoms with Crippen LogP contribution in [0.15, 0.2) is 30.6 Å². The third kappa shape index (κ3) is 5.07. The zero-order chi connectivity index (χ0) is 24.6. The van der Waals surface area contributed by atoms with Crippen LogP contribution in [0.4, 0.5) is 5.82 Å². The topological polar surface area (TPSA) is 72.8 Å². The third-order valence-corrected chi connectivity index (χ3v) is 7.59. The molecular weight excluding hydrogens is 450 g/mol. The standard InChI is InChI=1S/C26H36ClN5O2/c1-17-14-21(33)23-22(17)24(29-16-28-23)31-10-12-32(13-11-31)25(34)20(15-30(5)26(2,3)4)18-6-8-19(27)9-7-18/h6-9,16-17,20-21,33H,10-15H2,1-5H3/t17-,20-,21-/m1/s1. The van der Waals surface area contributed by atoms with Gasteiger partial charge in [-0.2, -0.15) is 0 Å². The summed E-state index contributed by atoms with van der Waals surface area (Å²) in [7, 11) is 2.07. The van der Waals surface area contributed by atoms with Crippen LogP contribution in [0.3, 0.4) is 0 Å². The molecule has 1 N–H and O–H groups in total. The number of hydrogen-bond acceptors (Lipinski definition) is 6. The molecule has 34 heavy (non-hydrogen) atoms. The van der Waals surface area contributed by atoms with E-state index in [2.05, 4.69) is 54.5 Å². The fraction of sp³-hybridized carbons (Fsp3) is 0.577. The SMILES string of the molecule is C[C@@H]1C[C@@H](O)c2ncnc(N3CCN(C(=O)[C@H](CN(C)C(C)(C)C)c4ccc(Cl)cc4)CC3)c21. The monoisotopic (exact) mass is 485 g/mol. The number of anilines is 1. The largest absolute Gasteiger partial charge is 0.387 e. The number of fused-ring (bicyclic) bond motifs is 1. The number of carbonyl (C=O) groups is 1. The van der Waals surface area contributed by atoms with Crippen LogP contribution in [-0.2, 0) is 4.79 Å². The van der Waals surface area contributed by atoms with Crippen molar-refractivity contribution in [3.8, 4) is 0 Å². The Labute approximate surface area is 207 Å². The molecule has 1 fully saturated rings. The van der Waals surface area contributed by atoms with Crippen molar-refractivity contribution in [2.75, 3.05) is 44.7 Å². The quantitative estimate of drug-likeness (QED) is 0.693. The Morgan fingerprint density at radius 1 is 1.18 bits per heavy atom. The van der Waals surface area contributed by atoms with Gasteiger partial charge in [0.2, 0.25) is 5.91 Å². The summed E-state index contributed by atoms with van der Waals surface area (Å²) in [6.45, 7) is 11.9. The molecule has 0 bridgehead atoms. The first-order valence-corrected chi connectivity index (χ1v) is 12.5. The Bertz CT molecular complexity index is 1010. The van der Waals surface area contributed by atoms with Gasteiger partial charge in [0.05, 0.1) is 17.7 Å². The Morgan fingerprint density at radius 2 is 1.82 bits per heavy atom. The Balaban J connectivity index is 1.50. The van der Waals surface area contributed by atoms with E-state index >= 15 is 0 Å². The summed E-state index contributed by atoms with van der Waals surface area (Å²) in [5.74, 6) is 1.02. The van der Waals surface area contributed by atoms with E-state index in [9.17, 15) is 9.90 Å². The van der Waals surface area contributed by atoms with Crippen LogP contribution in [0.5, 0.6) is 0 Å². The van der Waals surface area contributed by atoms with Gasteiger partial charge in [0.1, 0.15) is 12.1 Å². The Hall–Kier alpha value is -2.22. The van der Waals surface area contributed by atoms with Crippen molar-refractivity contribution < 1.29 is 9.90 Å². The van der Waals surface area contributed by atoms with Crippen molar-refractivity contribution in [2.45, 2.75) is 57.6 Å². The minimum Gasteiger partial charge on any atom is -0.387 e. The number of carbonyl (C=O) groups excluding carboxylic acids is 1. The summed E-state index contributed by atoms with van der Waals surface area (Å²) in [6.07, 6.45) is 1.71. The number of nitrogens with zero attached hydrogens (tertiary/aromatic N) is 5. The molecule has 3 atom stereocenters. The second-order valence-corrected chi connectivity index (χ2v) is 11.1. The summed E-state index contributed by atoms with van der Waals surface area (Å²) < 4.78 is 0. The van der Waals surface area contributed by atoms with Gasteiger partial charge < -0.3 is 19.8 Å². The normalized spacial score (nSPS) is 21.6. The first kappa shape index (κ1) is 24.9. The molecule has 4 rings (SSSR count). The van der Waals surface area contributed by atoms with E-state index in [1.165, 1.54) is 0 Å². The van der Waals surface area contributed by atoms with E-state index in [-0.39, 0.29) is 23.3 Å². The number of piperazine rings is 1. The summed E-state index contributed by atoms with van der Waals surface area (Å²) >= 11 is 6.12. The van der Waals surface area contributed by atoms with E-state index in [1.807, 2.05) is 29.2 Å². The number of amides is 1. The van der Waals surface area contributed by atoms with Crippen LogP contribution < -0.4 is 4.90 Å². The van der Waals surface area contributed by atoms with E-state index in [4.69, 9.17) is 11.6 Å². The van der Waals surface area contributed by atoms with Gasteiger partial charge >= 0.3 is 0 Å². The molecular formula is C26H36ClN5O2. The molecule has 8 heteroatoms. The summed E-state index contributed by atoms with van der Waals surface area (Å²) in [5, 5.41) is 11.0. The highest BCUT2D eigenvalue weighted by atomic mass is 35.5. The molecule has 184 valence electrons. The predicted molar refractivity (Wildman–Crippen MR) is 135 cm³/mol. The predicted octanol–water partition coefficient (Wildman–Crippen LogP) is 3.83. The van der Waals surface area contributed by atoms with Gasteiger partial charge in [-0.1, -0.05) is 30.7 Å². The molecule has 0 radical (unpaired) electrons. The van der Waals surface area contributed by atoms with E-state index in [1.54, 1.807) is 6.33 Å². The lowest BCUT2D eigenvalue weighted by Crippen LogP contribution is -2.52. The van der Waals surface area contributed by atoms with Crippen molar-refractivity contribution >= 4 is 23.3 Å². The summed E-state index contributed by atoms with van der Waals surface area (Å²) in [4.78, 5) is 29.1. The number of aromatic nitrogens is 2. The zero-order valence-electron chi connectivity index (χ0n) is 20.8. The van der Waals surface area contributed by atoms with Gasteiger partial charge in [-0.15, -0.1) is 0 Å². The number of aliphatic hydroxyl groups is 1. The first-order chi connectivity index (χ1) is 16.1. The van der Waals surface area contributed by atoms with Crippen LogP contribution in [0.1, 0.15) is 68.9 Å². The lowest BCUT2D eigenvalue weighted by Gasteiger charge is -2.40. The third-order valence-electron chi connectivity index (χ3n) is 7.34. The number of hydrogen-bond donors (Lipinski definition) is 1. The van der Waals surface area contributed by atoms with Crippen molar-refractivity contribution in [3.63, 3.8) is 0 Å². The maximum Gasteiger partial charge on any atom is 0.231 e. The number of rotatable bonds is 5. The fourth-order valence-corrected chi connectivity index (χ4v) is 5.01. The molecule has 0 unspecified atom stereocenters. The van der Waals surface area contributed by atoms with Crippen molar-refractivity contribution in [1.82, 2.24) is 19.8 Å². The maximum atomic E-state index is 13.8. The molecule has 2 aliphatic rings. The van der Waals surface area contributed by atoms with Gasteiger partial charge in [0, 0.05) is 48.8 Å². The van der Waals surface area contributed by atoms with Gasteiger partial charge in [0.25, 0.3) is 0 Å². The minimum atomic E-state index is -0.519. The Morgan fingerprint density at radius 3 is 2.44 bits per heavy atom. The molecule has 2 aromatic rings. The smallest absolute Gasteiger partial charge is 0.231 e. The van der Waals surface area contributed by atoms with Crippen LogP contribution in [0.2, 0.25) is 5.02 Å². The molecule has 7 nitrogen and oxygen atoms in total. The minimum absolute atomic E-state index is 0.0433. The average Bonchev–Trinajstić information content (AvgIpc) is 3.10. The maximum absolute atomic E-state index is 13.8. The first-order valence-electron chi connectivity index (χ1n) is 12.1. The molecule has 1 aromatic carbocycles. The second-order valence-electron chi connectivity index (χ2n) is 10.6. The van der Waals surface area contributed by atoms with Gasteiger partial charge in [0.15, 0.2) is 0 Å². The van der Waals surface area contributed by atoms with Crippen LogP contribution in [-0.4, -0.2) is 76.1 Å². The highest BCUT2D eigenvalue weighted by Crippen LogP contribution is 2.42. The van der Waals surface area contributed by atoms with E-state index < -0.39 is 6.10 Å². The summed E-state index contributed by atoms with van der Waals surface area (Å²) in [5.41, 5.74) is 2.76. The molecule has 0 saturated carbocycles. The number of halogens is 1. The van der Waals surface area contributed by atoms with Crippen LogP contribution in [0, 0.1) is 0 Å². The molecule has 1 aromatic heterocycles. The number of benzene rings is 1. The summed E-state index contributed by atoms with van der Waals surface area (Å²) in [6, 6.07) is 7.65. The molecule has 1 aliphatic carbocycles. The van der Waals surface area contributed by atoms with Gasteiger partial charge in [-0.25, -0.2) is 9.97 Å². The van der Waals surface area contributed by atoms with Gasteiger partial charge in [-0.05, 0) is 57.9 Å². The lowest BCUT2D eigenvalue weighted by atomic mass is 9.94. The number of likely N-dealkylation sites (N-methyl/N-ethyl adjacent to an activating group) is 1. The van der Waals surface area contributed by atoms with Gasteiger partial charge in [-0.3, -0.25) is 4.79 Å².